The number of aromatic nitrogens is 4. The highest BCUT2D eigenvalue weighted by Gasteiger charge is 2.13. The van der Waals surface area contributed by atoms with Gasteiger partial charge in [-0.05, 0) is 57.4 Å². The Hall–Kier alpha value is -3.40. The zero-order valence-electron chi connectivity index (χ0n) is 19.2. The zero-order chi connectivity index (χ0) is 25.2. The Kier molecular flexibility index (Phi) is 6.95. The van der Waals surface area contributed by atoms with Gasteiger partial charge in [0.05, 0.1) is 33.4 Å². The monoisotopic (exact) mass is 584 g/mol. The maximum atomic E-state index is 6.10. The first-order valence-corrected chi connectivity index (χ1v) is 12.3. The lowest BCUT2D eigenvalue weighted by Crippen LogP contribution is -2.02. The van der Waals surface area contributed by atoms with Crippen molar-refractivity contribution < 1.29 is 9.47 Å². The Morgan fingerprint density at radius 3 is 2.72 bits per heavy atom. The fraction of sp³-hybridized carbons (Fsp3) is 0.120. The number of rotatable bonds is 7. The van der Waals surface area contributed by atoms with Crippen LogP contribution in [0.1, 0.15) is 11.1 Å². The number of hydrogen-bond donors (Lipinski definition) is 1. The lowest BCUT2D eigenvalue weighted by atomic mass is 10.2. The lowest BCUT2D eigenvalue weighted by Gasteiger charge is -2.14. The van der Waals surface area contributed by atoms with E-state index in [1.807, 2.05) is 54.1 Å². The van der Waals surface area contributed by atoms with Gasteiger partial charge >= 0.3 is 0 Å². The molecule has 8 nitrogen and oxygen atoms in total. The van der Waals surface area contributed by atoms with Gasteiger partial charge in [-0.2, -0.15) is 10.1 Å². The van der Waals surface area contributed by atoms with Crippen molar-refractivity contribution >= 4 is 73.4 Å². The van der Waals surface area contributed by atoms with Gasteiger partial charge in [0.2, 0.25) is 0 Å². The third kappa shape index (κ3) is 4.82. The van der Waals surface area contributed by atoms with E-state index in [4.69, 9.17) is 32.7 Å². The number of aryl methyl sites for hydroxylation is 1. The highest BCUT2D eigenvalue weighted by molar-refractivity contribution is 9.10. The summed E-state index contributed by atoms with van der Waals surface area (Å²) in [5, 5.41) is 14.7. The molecule has 0 bridgehead atoms. The van der Waals surface area contributed by atoms with E-state index in [0.29, 0.717) is 32.6 Å². The number of hydrazone groups is 1. The van der Waals surface area contributed by atoms with Crippen LogP contribution < -0.4 is 14.9 Å². The number of methoxy groups -OCH3 is 1. The van der Waals surface area contributed by atoms with Crippen molar-refractivity contribution in [3.8, 4) is 11.5 Å². The first-order chi connectivity index (χ1) is 17.4. The van der Waals surface area contributed by atoms with E-state index in [1.165, 1.54) is 0 Å². The second kappa shape index (κ2) is 10.3. The highest BCUT2D eigenvalue weighted by atomic mass is 79.9. The van der Waals surface area contributed by atoms with Crippen LogP contribution in [0.4, 0.5) is 5.95 Å². The number of hydrogen-bond acceptors (Lipinski definition) is 7. The quantitative estimate of drug-likeness (QED) is 0.171. The molecule has 5 aromatic rings. The summed E-state index contributed by atoms with van der Waals surface area (Å²) in [6, 6.07) is 17.0. The number of halogens is 3. The maximum Gasteiger partial charge on any atom is 0.265 e. The van der Waals surface area contributed by atoms with Gasteiger partial charge in [0.1, 0.15) is 12.1 Å². The first-order valence-electron chi connectivity index (χ1n) is 10.8. The Morgan fingerprint density at radius 2 is 1.92 bits per heavy atom. The van der Waals surface area contributed by atoms with E-state index in [1.54, 1.807) is 25.5 Å². The van der Waals surface area contributed by atoms with Gasteiger partial charge in [-0.3, -0.25) is 0 Å². The third-order valence-electron chi connectivity index (χ3n) is 5.50. The van der Waals surface area contributed by atoms with Gasteiger partial charge in [0.25, 0.3) is 5.95 Å². The van der Waals surface area contributed by atoms with Crippen LogP contribution in [-0.2, 0) is 13.7 Å². The smallest absolute Gasteiger partial charge is 0.265 e. The molecule has 36 heavy (non-hydrogen) atoms. The largest absolute Gasteiger partial charge is 0.493 e. The fourth-order valence-corrected chi connectivity index (χ4v) is 4.65. The van der Waals surface area contributed by atoms with Crippen molar-refractivity contribution in [1.29, 1.82) is 0 Å². The number of nitrogens with one attached hydrogen (secondary N) is 1. The second-order valence-corrected chi connectivity index (χ2v) is 9.49. The van der Waals surface area contributed by atoms with Crippen molar-refractivity contribution in [2.45, 2.75) is 6.61 Å². The summed E-state index contributed by atoms with van der Waals surface area (Å²) < 4.78 is 14.2. The Balaban J connectivity index is 1.32. The molecule has 0 aliphatic carbocycles. The number of ether oxygens (including phenoxy) is 2. The molecule has 0 atom stereocenters. The summed E-state index contributed by atoms with van der Waals surface area (Å²) in [4.78, 5) is 4.57. The molecule has 2 heterocycles. The highest BCUT2D eigenvalue weighted by Crippen LogP contribution is 2.37. The van der Waals surface area contributed by atoms with Gasteiger partial charge in [0.15, 0.2) is 17.1 Å². The van der Waals surface area contributed by atoms with Crippen LogP contribution >= 0.6 is 39.1 Å². The van der Waals surface area contributed by atoms with Crippen LogP contribution in [0.15, 0.2) is 64.2 Å². The molecule has 0 fully saturated rings. The Morgan fingerprint density at radius 1 is 1.08 bits per heavy atom. The van der Waals surface area contributed by atoms with Gasteiger partial charge in [-0.15, -0.1) is 10.2 Å². The third-order valence-corrected chi connectivity index (χ3v) is 6.83. The predicted molar refractivity (Wildman–Crippen MR) is 147 cm³/mol. The van der Waals surface area contributed by atoms with Crippen LogP contribution in [0, 0.1) is 0 Å². The average molecular weight is 586 g/mol. The van der Waals surface area contributed by atoms with Crippen LogP contribution in [0.3, 0.4) is 0 Å². The fourth-order valence-electron chi connectivity index (χ4n) is 3.76. The molecule has 0 aliphatic rings. The average Bonchev–Trinajstić information content (AvgIpc) is 3.16. The molecular weight excluding hydrogens is 567 g/mol. The molecule has 182 valence electrons. The summed E-state index contributed by atoms with van der Waals surface area (Å²) in [5.74, 6) is 1.39. The van der Waals surface area contributed by atoms with Crippen molar-refractivity contribution in [2.75, 3.05) is 12.5 Å². The van der Waals surface area contributed by atoms with Crippen molar-refractivity contribution in [3.05, 3.63) is 80.2 Å². The summed E-state index contributed by atoms with van der Waals surface area (Å²) in [7, 11) is 3.52. The first kappa shape index (κ1) is 24.3. The molecule has 0 radical (unpaired) electrons. The van der Waals surface area contributed by atoms with Gasteiger partial charge in [0, 0.05) is 12.4 Å². The number of anilines is 1. The zero-order valence-corrected chi connectivity index (χ0v) is 22.3. The SMILES string of the molecule is COc1cc(/C=N/Nc2nnc3c4ccccc4n(C)c3n2)cc(Br)c1OCc1ccc(Cl)c(Cl)c1. The van der Waals surface area contributed by atoms with Crippen LogP contribution in [0.25, 0.3) is 22.1 Å². The number of benzene rings is 3. The van der Waals surface area contributed by atoms with Gasteiger partial charge in [-0.25, -0.2) is 5.43 Å². The van der Waals surface area contributed by atoms with Crippen molar-refractivity contribution in [1.82, 2.24) is 19.7 Å². The number of para-hydroxylation sites is 1. The predicted octanol–water partition coefficient (Wildman–Crippen LogP) is 6.62. The standard InChI is InChI=1S/C25H19BrCl2N6O2/c1-34-20-6-4-3-5-16(20)22-24(34)30-25(33-31-22)32-29-12-15-9-17(26)23(21(11-15)35-2)36-13-14-7-8-18(27)19(28)10-14/h3-12H,13H2,1-2H3,(H,30,32,33)/b29-12+. The van der Waals surface area contributed by atoms with E-state index in [2.05, 4.69) is 41.6 Å². The topological polar surface area (TPSA) is 86.5 Å². The molecule has 0 saturated heterocycles. The van der Waals surface area contributed by atoms with Gasteiger partial charge < -0.3 is 14.0 Å². The van der Waals surface area contributed by atoms with Crippen LogP contribution in [0.5, 0.6) is 11.5 Å². The molecule has 0 aliphatic heterocycles. The lowest BCUT2D eigenvalue weighted by molar-refractivity contribution is 0.282. The Bertz CT molecular complexity index is 1620. The molecule has 1 N–H and O–H groups in total. The van der Waals surface area contributed by atoms with E-state index in [-0.39, 0.29) is 5.95 Å². The normalized spacial score (nSPS) is 11.5. The van der Waals surface area contributed by atoms with Crippen LogP contribution in [0.2, 0.25) is 10.0 Å². The molecule has 2 aromatic heterocycles. The summed E-state index contributed by atoms with van der Waals surface area (Å²) in [5.41, 5.74) is 6.99. The maximum absolute atomic E-state index is 6.10. The molecule has 5 rings (SSSR count). The van der Waals surface area contributed by atoms with Crippen molar-refractivity contribution in [2.24, 2.45) is 12.1 Å². The molecule has 0 saturated carbocycles. The molecular formula is C25H19BrCl2N6O2. The van der Waals surface area contributed by atoms with E-state index >= 15 is 0 Å². The minimum atomic E-state index is 0.289. The van der Waals surface area contributed by atoms with Crippen molar-refractivity contribution in [3.63, 3.8) is 0 Å². The number of nitrogens with zero attached hydrogens (tertiary/aromatic N) is 5. The Labute approximate surface area is 225 Å². The van der Waals surface area contributed by atoms with E-state index in [9.17, 15) is 0 Å². The van der Waals surface area contributed by atoms with E-state index < -0.39 is 0 Å². The summed E-state index contributed by atoms with van der Waals surface area (Å²) in [6.45, 7) is 0.293. The molecule has 0 amide bonds. The second-order valence-electron chi connectivity index (χ2n) is 7.83. The molecule has 11 heteroatoms. The minimum absolute atomic E-state index is 0.289. The molecule has 0 unspecified atom stereocenters. The minimum Gasteiger partial charge on any atom is -0.493 e. The summed E-state index contributed by atoms with van der Waals surface area (Å²) in [6.07, 6.45) is 1.63. The molecule has 3 aromatic carbocycles. The molecule has 0 spiro atoms. The van der Waals surface area contributed by atoms with Gasteiger partial charge in [-0.1, -0.05) is 47.5 Å². The summed E-state index contributed by atoms with van der Waals surface area (Å²) >= 11 is 15.6. The number of fused-ring (bicyclic) bond motifs is 3. The van der Waals surface area contributed by atoms with Crippen LogP contribution in [-0.4, -0.2) is 33.1 Å². The van der Waals surface area contributed by atoms with E-state index in [0.717, 1.165) is 33.2 Å².